The Kier molecular flexibility index (Phi) is 6.06. The fourth-order valence-electron chi connectivity index (χ4n) is 3.02. The van der Waals surface area contributed by atoms with Crippen LogP contribution in [0.3, 0.4) is 0 Å². The molecular weight excluding hydrogens is 244 g/mol. The third kappa shape index (κ3) is 4.60. The predicted octanol–water partition coefficient (Wildman–Crippen LogP) is 3.63. The van der Waals surface area contributed by atoms with E-state index in [9.17, 15) is 0 Å². The lowest BCUT2D eigenvalue weighted by atomic mass is 9.98. The van der Waals surface area contributed by atoms with Crippen LogP contribution in [-0.4, -0.2) is 31.1 Å². The van der Waals surface area contributed by atoms with Crippen LogP contribution in [0.25, 0.3) is 0 Å². The highest BCUT2D eigenvalue weighted by molar-refractivity contribution is 5.24. The van der Waals surface area contributed by atoms with Gasteiger partial charge in [-0.25, -0.2) is 0 Å². The summed E-state index contributed by atoms with van der Waals surface area (Å²) in [6.45, 7) is 12.6. The Labute approximate surface area is 124 Å². The molecule has 2 heteroatoms. The van der Waals surface area contributed by atoms with Crippen molar-refractivity contribution in [1.29, 1.82) is 0 Å². The van der Waals surface area contributed by atoms with Crippen molar-refractivity contribution in [2.24, 2.45) is 5.92 Å². The molecule has 1 N–H and O–H groups in total. The van der Waals surface area contributed by atoms with E-state index in [-0.39, 0.29) is 0 Å². The maximum absolute atomic E-state index is 3.52. The van der Waals surface area contributed by atoms with E-state index in [1.165, 1.54) is 43.6 Å². The summed E-state index contributed by atoms with van der Waals surface area (Å²) in [4.78, 5) is 2.59. The lowest BCUT2D eigenvalue weighted by molar-refractivity contribution is 0.209. The molecule has 1 fully saturated rings. The Morgan fingerprint density at radius 3 is 2.55 bits per heavy atom. The van der Waals surface area contributed by atoms with Crippen molar-refractivity contribution in [3.8, 4) is 0 Å². The van der Waals surface area contributed by atoms with Crippen LogP contribution in [0.4, 0.5) is 0 Å². The van der Waals surface area contributed by atoms with Crippen LogP contribution in [-0.2, 0) is 6.54 Å². The SMILES string of the molecule is CCN(Cc1ccc(C(C)C)cc1)CC1CCCNC1. The molecule has 1 unspecified atom stereocenters. The molecule has 0 amide bonds. The predicted molar refractivity (Wildman–Crippen MR) is 87.1 cm³/mol. The van der Waals surface area contributed by atoms with Crippen molar-refractivity contribution in [3.63, 3.8) is 0 Å². The van der Waals surface area contributed by atoms with Gasteiger partial charge in [-0.3, -0.25) is 4.90 Å². The monoisotopic (exact) mass is 274 g/mol. The zero-order valence-electron chi connectivity index (χ0n) is 13.4. The van der Waals surface area contributed by atoms with E-state index in [0.29, 0.717) is 5.92 Å². The van der Waals surface area contributed by atoms with Gasteiger partial charge in [-0.05, 0) is 55.4 Å². The van der Waals surface area contributed by atoms with E-state index >= 15 is 0 Å². The lowest BCUT2D eigenvalue weighted by Crippen LogP contribution is -2.38. The molecule has 0 bridgehead atoms. The molecule has 0 radical (unpaired) electrons. The minimum Gasteiger partial charge on any atom is -0.316 e. The van der Waals surface area contributed by atoms with Gasteiger partial charge in [0.15, 0.2) is 0 Å². The fourth-order valence-corrected chi connectivity index (χ4v) is 3.02. The van der Waals surface area contributed by atoms with E-state index in [2.05, 4.69) is 55.3 Å². The van der Waals surface area contributed by atoms with E-state index in [1.54, 1.807) is 0 Å². The summed E-state index contributed by atoms with van der Waals surface area (Å²) in [6.07, 6.45) is 2.72. The summed E-state index contributed by atoms with van der Waals surface area (Å²) < 4.78 is 0. The van der Waals surface area contributed by atoms with Gasteiger partial charge in [-0.15, -0.1) is 0 Å². The van der Waals surface area contributed by atoms with Crippen molar-refractivity contribution in [2.45, 2.75) is 46.1 Å². The maximum atomic E-state index is 3.52. The molecule has 1 saturated heterocycles. The van der Waals surface area contributed by atoms with Crippen molar-refractivity contribution >= 4 is 0 Å². The van der Waals surface area contributed by atoms with Crippen LogP contribution < -0.4 is 5.32 Å². The van der Waals surface area contributed by atoms with Gasteiger partial charge in [0, 0.05) is 13.1 Å². The van der Waals surface area contributed by atoms with Gasteiger partial charge in [0.2, 0.25) is 0 Å². The number of piperidine rings is 1. The first-order valence-electron chi connectivity index (χ1n) is 8.21. The molecule has 1 aromatic carbocycles. The first kappa shape index (κ1) is 15.5. The second kappa shape index (κ2) is 7.80. The average Bonchev–Trinajstić information content (AvgIpc) is 2.48. The van der Waals surface area contributed by atoms with E-state index in [0.717, 1.165) is 19.0 Å². The van der Waals surface area contributed by atoms with Crippen LogP contribution >= 0.6 is 0 Å². The van der Waals surface area contributed by atoms with Gasteiger partial charge in [0.1, 0.15) is 0 Å². The highest BCUT2D eigenvalue weighted by Crippen LogP contribution is 2.17. The maximum Gasteiger partial charge on any atom is 0.0233 e. The highest BCUT2D eigenvalue weighted by Gasteiger charge is 2.16. The summed E-state index contributed by atoms with van der Waals surface area (Å²) in [7, 11) is 0. The first-order chi connectivity index (χ1) is 9.69. The third-order valence-electron chi connectivity index (χ3n) is 4.42. The third-order valence-corrected chi connectivity index (χ3v) is 4.42. The van der Waals surface area contributed by atoms with Crippen molar-refractivity contribution in [2.75, 3.05) is 26.2 Å². The molecule has 0 spiro atoms. The molecule has 1 aliphatic rings. The molecule has 2 nitrogen and oxygen atoms in total. The second-order valence-electron chi connectivity index (χ2n) is 6.44. The highest BCUT2D eigenvalue weighted by atomic mass is 15.1. The molecule has 1 aliphatic heterocycles. The van der Waals surface area contributed by atoms with Crippen molar-refractivity contribution in [3.05, 3.63) is 35.4 Å². The van der Waals surface area contributed by atoms with Crippen molar-refractivity contribution in [1.82, 2.24) is 10.2 Å². The molecule has 1 aromatic rings. The van der Waals surface area contributed by atoms with Crippen LogP contribution in [0, 0.1) is 5.92 Å². The van der Waals surface area contributed by atoms with Crippen molar-refractivity contribution < 1.29 is 0 Å². The Morgan fingerprint density at radius 2 is 2.00 bits per heavy atom. The Morgan fingerprint density at radius 1 is 1.25 bits per heavy atom. The molecule has 0 aromatic heterocycles. The minimum absolute atomic E-state index is 0.625. The van der Waals surface area contributed by atoms with Crippen LogP contribution in [0.2, 0.25) is 0 Å². The number of benzene rings is 1. The van der Waals surface area contributed by atoms with Gasteiger partial charge >= 0.3 is 0 Å². The molecule has 0 aliphatic carbocycles. The Balaban J connectivity index is 1.88. The molecule has 0 saturated carbocycles. The molecule has 112 valence electrons. The zero-order chi connectivity index (χ0) is 14.4. The number of hydrogen-bond acceptors (Lipinski definition) is 2. The Hall–Kier alpha value is -0.860. The molecule has 2 rings (SSSR count). The summed E-state index contributed by atoms with van der Waals surface area (Å²) in [5.41, 5.74) is 2.88. The smallest absolute Gasteiger partial charge is 0.0233 e. The standard InChI is InChI=1S/C18H30N2/c1-4-20(14-17-6-5-11-19-12-17)13-16-7-9-18(10-8-16)15(2)3/h7-10,15,17,19H,4-6,11-14H2,1-3H3. The summed E-state index contributed by atoms with van der Waals surface area (Å²) >= 11 is 0. The van der Waals surface area contributed by atoms with Gasteiger partial charge < -0.3 is 5.32 Å². The number of rotatable bonds is 6. The molecule has 1 heterocycles. The zero-order valence-corrected chi connectivity index (χ0v) is 13.4. The van der Waals surface area contributed by atoms with Gasteiger partial charge in [-0.2, -0.15) is 0 Å². The van der Waals surface area contributed by atoms with Crippen LogP contribution in [0.15, 0.2) is 24.3 Å². The fraction of sp³-hybridized carbons (Fsp3) is 0.667. The summed E-state index contributed by atoms with van der Waals surface area (Å²) in [6, 6.07) is 9.18. The quantitative estimate of drug-likeness (QED) is 0.852. The van der Waals surface area contributed by atoms with Crippen LogP contribution in [0.1, 0.15) is 50.7 Å². The second-order valence-corrected chi connectivity index (χ2v) is 6.44. The molecule has 1 atom stereocenters. The number of hydrogen-bond donors (Lipinski definition) is 1. The van der Waals surface area contributed by atoms with Gasteiger partial charge in [-0.1, -0.05) is 45.0 Å². The average molecular weight is 274 g/mol. The summed E-state index contributed by atoms with van der Waals surface area (Å²) in [5, 5.41) is 3.52. The normalized spacial score (nSPS) is 19.8. The largest absolute Gasteiger partial charge is 0.316 e. The first-order valence-corrected chi connectivity index (χ1v) is 8.21. The van der Waals surface area contributed by atoms with Gasteiger partial charge in [0.25, 0.3) is 0 Å². The van der Waals surface area contributed by atoms with E-state index in [1.807, 2.05) is 0 Å². The number of nitrogens with one attached hydrogen (secondary N) is 1. The lowest BCUT2D eigenvalue weighted by Gasteiger charge is -2.29. The van der Waals surface area contributed by atoms with Crippen LogP contribution in [0.5, 0.6) is 0 Å². The Bertz CT molecular complexity index is 377. The summed E-state index contributed by atoms with van der Waals surface area (Å²) in [5.74, 6) is 1.46. The van der Waals surface area contributed by atoms with Gasteiger partial charge in [0.05, 0.1) is 0 Å². The topological polar surface area (TPSA) is 15.3 Å². The van der Waals surface area contributed by atoms with E-state index in [4.69, 9.17) is 0 Å². The minimum atomic E-state index is 0.625. The number of nitrogens with zero attached hydrogens (tertiary/aromatic N) is 1. The molecule has 20 heavy (non-hydrogen) atoms. The van der Waals surface area contributed by atoms with E-state index < -0.39 is 0 Å². The molecular formula is C18H30N2.